The third-order valence-corrected chi connectivity index (χ3v) is 8.47. The lowest BCUT2D eigenvalue weighted by atomic mass is 10.1. The van der Waals surface area contributed by atoms with Crippen molar-refractivity contribution >= 4 is 22.5 Å². The Kier molecular flexibility index (Phi) is 8.54. The Morgan fingerprint density at radius 3 is 2.58 bits per heavy atom. The van der Waals surface area contributed by atoms with Crippen molar-refractivity contribution in [2.24, 2.45) is 0 Å². The molecule has 1 aliphatic carbocycles. The van der Waals surface area contributed by atoms with Crippen LogP contribution in [0.4, 0.5) is 11.4 Å². The quantitative estimate of drug-likeness (QED) is 0.296. The molecule has 2 N–H and O–H groups in total. The summed E-state index contributed by atoms with van der Waals surface area (Å²) in [6, 6.07) is 14.1. The van der Waals surface area contributed by atoms with E-state index in [1.165, 1.54) is 10.7 Å². The first-order chi connectivity index (χ1) is 19.3. The number of nitro groups is 1. The van der Waals surface area contributed by atoms with Crippen LogP contribution in [-0.2, 0) is 17.7 Å². The Morgan fingerprint density at radius 1 is 1.15 bits per heavy atom. The average molecular weight is 569 g/mol. The fourth-order valence-corrected chi connectivity index (χ4v) is 5.97. The molecule has 3 aromatic rings. The minimum Gasteiger partial charge on any atom is -0.483 e. The van der Waals surface area contributed by atoms with Gasteiger partial charge in [-0.25, -0.2) is 13.2 Å². The lowest BCUT2D eigenvalue weighted by molar-refractivity contribution is -0.385. The number of hydrogen-bond acceptors (Lipinski definition) is 8. The molecule has 0 bridgehead atoms. The number of benzene rings is 2. The van der Waals surface area contributed by atoms with Gasteiger partial charge >= 0.3 is 5.56 Å². The van der Waals surface area contributed by atoms with E-state index < -0.39 is 22.2 Å². The number of nitrogens with one attached hydrogen (secondary N) is 1. The Morgan fingerprint density at radius 2 is 1.90 bits per heavy atom. The van der Waals surface area contributed by atoms with Gasteiger partial charge in [0.25, 0.3) is 5.69 Å². The molecule has 1 saturated heterocycles. The van der Waals surface area contributed by atoms with Crippen LogP contribution in [0.15, 0.2) is 59.5 Å². The second kappa shape index (κ2) is 12.3. The first-order valence-electron chi connectivity index (χ1n) is 13.2. The van der Waals surface area contributed by atoms with Crippen LogP contribution in [0.2, 0.25) is 0 Å². The summed E-state index contributed by atoms with van der Waals surface area (Å²) in [5.41, 5.74) is 2.11. The van der Waals surface area contributed by atoms with E-state index in [0.29, 0.717) is 67.9 Å². The second-order valence-corrected chi connectivity index (χ2v) is 11.3. The lowest BCUT2D eigenvalue weighted by Crippen LogP contribution is -2.50. The first kappa shape index (κ1) is 27.9. The number of aromatic nitrogens is 2. The van der Waals surface area contributed by atoms with Crippen LogP contribution in [-0.4, -0.2) is 66.7 Å². The maximum absolute atomic E-state index is 13.6. The van der Waals surface area contributed by atoms with Gasteiger partial charge in [-0.2, -0.15) is 9.78 Å². The fourth-order valence-electron chi connectivity index (χ4n) is 5.00. The number of para-hydroxylation sites is 1. The van der Waals surface area contributed by atoms with E-state index in [1.807, 2.05) is 23.1 Å². The molecule has 212 valence electrons. The molecule has 1 aromatic heterocycles. The number of nitrogens with zero attached hydrogens (tertiary/aromatic N) is 5. The molecule has 2 aromatic carbocycles. The molecule has 1 saturated carbocycles. The minimum absolute atomic E-state index is 0.0339. The van der Waals surface area contributed by atoms with Crippen LogP contribution < -0.4 is 19.9 Å². The van der Waals surface area contributed by atoms with Crippen molar-refractivity contribution < 1.29 is 19.0 Å². The number of aryl methyl sites for hydroxylation is 1. The molecule has 2 fully saturated rings. The summed E-state index contributed by atoms with van der Waals surface area (Å²) in [6.45, 7) is 3.79. The highest BCUT2D eigenvalue weighted by Gasteiger charge is 2.30. The van der Waals surface area contributed by atoms with Crippen LogP contribution in [0.25, 0.3) is 5.69 Å². The van der Waals surface area contributed by atoms with E-state index in [4.69, 9.17) is 4.74 Å². The monoisotopic (exact) mass is 568 g/mol. The summed E-state index contributed by atoms with van der Waals surface area (Å²) in [4.78, 5) is 26.4. The van der Waals surface area contributed by atoms with Crippen molar-refractivity contribution in [3.8, 4) is 11.4 Å². The zero-order chi connectivity index (χ0) is 28.2. The topological polar surface area (TPSA) is 143 Å². The molecular weight excluding hydrogens is 536 g/mol. The van der Waals surface area contributed by atoms with Gasteiger partial charge in [-0.05, 0) is 37.5 Å². The van der Waals surface area contributed by atoms with Gasteiger partial charge < -0.3 is 14.7 Å². The molecule has 40 heavy (non-hydrogen) atoms. The SMILES string of the molecule is Cc1ccc(CNS(=O)N2CCN(c3cnn(-c4ccccc4)c(=O)c3OC3CCC(O)C3)CC2)cc1[N+](=O)[O-]. The summed E-state index contributed by atoms with van der Waals surface area (Å²) in [5, 5.41) is 25.6. The number of ether oxygens (including phenoxy) is 1. The highest BCUT2D eigenvalue weighted by molar-refractivity contribution is 7.80. The molecule has 13 heteroatoms. The van der Waals surface area contributed by atoms with Crippen LogP contribution in [0.3, 0.4) is 0 Å². The van der Waals surface area contributed by atoms with Crippen LogP contribution in [0, 0.1) is 17.0 Å². The summed E-state index contributed by atoms with van der Waals surface area (Å²) in [6.07, 6.45) is 2.69. The summed E-state index contributed by atoms with van der Waals surface area (Å²) < 4.78 is 25.2. The number of aliphatic hydroxyl groups is 1. The number of anilines is 1. The van der Waals surface area contributed by atoms with Crippen molar-refractivity contribution in [1.82, 2.24) is 18.8 Å². The number of nitro benzene ring substituents is 1. The Bertz CT molecular complexity index is 1440. The summed E-state index contributed by atoms with van der Waals surface area (Å²) in [7, 11) is 0. The fraction of sp³-hybridized carbons (Fsp3) is 0.407. The Labute approximate surface area is 234 Å². The highest BCUT2D eigenvalue weighted by atomic mass is 32.2. The number of hydrogen-bond donors (Lipinski definition) is 2. The molecule has 2 heterocycles. The number of piperazine rings is 1. The van der Waals surface area contributed by atoms with Crippen LogP contribution in [0.1, 0.15) is 30.4 Å². The number of aliphatic hydroxyl groups excluding tert-OH is 1. The smallest absolute Gasteiger partial charge is 0.316 e. The molecular formula is C27H32N6O6S. The van der Waals surface area contributed by atoms with Crippen molar-refractivity contribution in [2.75, 3.05) is 31.1 Å². The standard InChI is InChI=1S/C27H32N6O6S/c1-19-7-8-20(15-24(19)33(36)37)17-29-40(38)31-13-11-30(12-14-31)25-18-28-32(21-5-3-2-4-6-21)27(35)26(25)39-23-10-9-22(34)16-23/h2-8,15,18,22-23,29,34H,9-14,16-17H2,1H3. The van der Waals surface area contributed by atoms with Crippen molar-refractivity contribution in [3.63, 3.8) is 0 Å². The molecule has 12 nitrogen and oxygen atoms in total. The molecule has 0 amide bonds. The van der Waals surface area contributed by atoms with E-state index in [9.17, 15) is 24.2 Å². The molecule has 3 unspecified atom stereocenters. The molecule has 0 radical (unpaired) electrons. The zero-order valence-corrected chi connectivity index (χ0v) is 23.0. The summed E-state index contributed by atoms with van der Waals surface area (Å²) in [5.74, 6) is 0.201. The Balaban J connectivity index is 1.27. The third kappa shape index (κ3) is 6.22. The van der Waals surface area contributed by atoms with Crippen LogP contribution >= 0.6 is 0 Å². The van der Waals surface area contributed by atoms with Crippen molar-refractivity contribution in [2.45, 2.75) is 44.9 Å². The van der Waals surface area contributed by atoms with Gasteiger partial charge in [-0.1, -0.05) is 30.3 Å². The first-order valence-corrected chi connectivity index (χ1v) is 14.3. The van der Waals surface area contributed by atoms with Crippen molar-refractivity contribution in [1.29, 1.82) is 0 Å². The van der Waals surface area contributed by atoms with Gasteiger partial charge in [-0.3, -0.25) is 14.9 Å². The molecule has 0 spiro atoms. The molecule has 1 aliphatic heterocycles. The van der Waals surface area contributed by atoms with Crippen molar-refractivity contribution in [3.05, 3.63) is 86.3 Å². The van der Waals surface area contributed by atoms with Gasteiger partial charge in [0, 0.05) is 50.8 Å². The van der Waals surface area contributed by atoms with E-state index in [0.717, 1.165) is 0 Å². The zero-order valence-electron chi connectivity index (χ0n) is 22.1. The molecule has 2 aliphatic rings. The lowest BCUT2D eigenvalue weighted by Gasteiger charge is -2.35. The predicted molar refractivity (Wildman–Crippen MR) is 151 cm³/mol. The van der Waals surface area contributed by atoms with Crippen LogP contribution in [0.5, 0.6) is 5.75 Å². The van der Waals surface area contributed by atoms with Gasteiger partial charge in [-0.15, -0.1) is 0 Å². The largest absolute Gasteiger partial charge is 0.483 e. The van der Waals surface area contributed by atoms with Gasteiger partial charge in [0.2, 0.25) is 5.75 Å². The minimum atomic E-state index is -1.50. The van der Waals surface area contributed by atoms with Gasteiger partial charge in [0.15, 0.2) is 11.2 Å². The average Bonchev–Trinajstić information content (AvgIpc) is 3.38. The van der Waals surface area contributed by atoms with Gasteiger partial charge in [0.1, 0.15) is 11.8 Å². The third-order valence-electron chi connectivity index (χ3n) is 7.24. The molecule has 3 atom stereocenters. The Hall–Kier alpha value is -3.65. The maximum Gasteiger partial charge on any atom is 0.316 e. The van der Waals surface area contributed by atoms with E-state index in [-0.39, 0.29) is 29.6 Å². The maximum atomic E-state index is 13.6. The normalized spacial score (nSPS) is 20.4. The predicted octanol–water partition coefficient (Wildman–Crippen LogP) is 2.23. The van der Waals surface area contributed by atoms with E-state index >= 15 is 0 Å². The summed E-state index contributed by atoms with van der Waals surface area (Å²) >= 11 is -1.50. The molecule has 5 rings (SSSR count). The second-order valence-electron chi connectivity index (χ2n) is 9.98. The highest BCUT2D eigenvalue weighted by Crippen LogP contribution is 2.30. The number of rotatable bonds is 9. The van der Waals surface area contributed by atoms with E-state index in [1.54, 1.807) is 41.7 Å². The van der Waals surface area contributed by atoms with E-state index in [2.05, 4.69) is 9.82 Å². The van der Waals surface area contributed by atoms with Gasteiger partial charge in [0.05, 0.1) is 22.9 Å².